The van der Waals surface area contributed by atoms with Gasteiger partial charge >= 0.3 is 0 Å². The van der Waals surface area contributed by atoms with E-state index in [2.05, 4.69) is 5.32 Å². The third-order valence-corrected chi connectivity index (χ3v) is 3.34. The molecule has 1 amide bonds. The predicted octanol–water partition coefficient (Wildman–Crippen LogP) is 3.20. The molecule has 5 nitrogen and oxygen atoms in total. The van der Waals surface area contributed by atoms with E-state index in [9.17, 15) is 19.3 Å². The SMILES string of the molecule is CC(C)(C)SCC(=O)Nc1cc([N+](=O)[O-])ccc1F. The number of anilines is 1. The van der Waals surface area contributed by atoms with Gasteiger partial charge in [-0.05, 0) is 6.07 Å². The van der Waals surface area contributed by atoms with Gasteiger partial charge < -0.3 is 5.32 Å². The Balaban J connectivity index is 2.73. The number of nitrogens with one attached hydrogen (secondary N) is 1. The maximum atomic E-state index is 13.4. The minimum atomic E-state index is -0.695. The molecule has 0 aliphatic rings. The van der Waals surface area contributed by atoms with E-state index in [4.69, 9.17) is 0 Å². The molecule has 0 saturated heterocycles. The largest absolute Gasteiger partial charge is 0.323 e. The van der Waals surface area contributed by atoms with Crippen molar-refractivity contribution in [1.82, 2.24) is 0 Å². The lowest BCUT2D eigenvalue weighted by atomic mass is 10.2. The van der Waals surface area contributed by atoms with E-state index in [1.807, 2.05) is 20.8 Å². The highest BCUT2D eigenvalue weighted by Crippen LogP contribution is 2.24. The molecule has 0 aliphatic heterocycles. The number of halogens is 1. The van der Waals surface area contributed by atoms with Gasteiger partial charge in [0, 0.05) is 16.9 Å². The summed E-state index contributed by atoms with van der Waals surface area (Å²) in [6, 6.07) is 3.02. The molecule has 0 fully saturated rings. The van der Waals surface area contributed by atoms with Gasteiger partial charge in [-0.2, -0.15) is 0 Å². The van der Waals surface area contributed by atoms with Gasteiger partial charge in [0.1, 0.15) is 5.82 Å². The second-order valence-corrected chi connectivity index (χ2v) is 6.67. The number of carbonyl (C=O) groups excluding carboxylic acids is 1. The molecule has 1 N–H and O–H groups in total. The summed E-state index contributed by atoms with van der Waals surface area (Å²) < 4.78 is 13.3. The number of benzene rings is 1. The molecule has 0 bridgehead atoms. The number of carbonyl (C=O) groups is 1. The fourth-order valence-electron chi connectivity index (χ4n) is 1.19. The Morgan fingerprint density at radius 2 is 2.11 bits per heavy atom. The lowest BCUT2D eigenvalue weighted by Crippen LogP contribution is -2.19. The quantitative estimate of drug-likeness (QED) is 0.681. The highest BCUT2D eigenvalue weighted by atomic mass is 32.2. The zero-order valence-corrected chi connectivity index (χ0v) is 11.7. The third kappa shape index (κ3) is 5.25. The second kappa shape index (κ2) is 6.01. The summed E-state index contributed by atoms with van der Waals surface area (Å²) in [5.41, 5.74) is -0.436. The van der Waals surface area contributed by atoms with Crippen LogP contribution in [0.3, 0.4) is 0 Å². The number of nitrogens with zero attached hydrogens (tertiary/aromatic N) is 1. The fourth-order valence-corrected chi connectivity index (χ4v) is 1.83. The monoisotopic (exact) mass is 286 g/mol. The first-order chi connectivity index (χ1) is 8.69. The zero-order valence-electron chi connectivity index (χ0n) is 10.9. The number of thioether (sulfide) groups is 1. The number of amides is 1. The second-order valence-electron chi connectivity index (χ2n) is 4.87. The lowest BCUT2D eigenvalue weighted by Gasteiger charge is -2.17. The van der Waals surface area contributed by atoms with Gasteiger partial charge in [-0.15, -0.1) is 11.8 Å². The first kappa shape index (κ1) is 15.4. The van der Waals surface area contributed by atoms with Crippen LogP contribution in [0.15, 0.2) is 18.2 Å². The van der Waals surface area contributed by atoms with Gasteiger partial charge in [0.25, 0.3) is 5.69 Å². The topological polar surface area (TPSA) is 72.2 Å². The standard InChI is InChI=1S/C12H15FN2O3S/c1-12(2,3)19-7-11(16)14-10-6-8(15(17)18)4-5-9(10)13/h4-6H,7H2,1-3H3,(H,14,16). The molecule has 1 rings (SSSR count). The molecule has 0 atom stereocenters. The van der Waals surface area contributed by atoms with Gasteiger partial charge in [0.15, 0.2) is 0 Å². The molecule has 0 radical (unpaired) electrons. The zero-order chi connectivity index (χ0) is 14.6. The van der Waals surface area contributed by atoms with Crippen LogP contribution in [0.1, 0.15) is 20.8 Å². The highest BCUT2D eigenvalue weighted by Gasteiger charge is 2.16. The molecule has 19 heavy (non-hydrogen) atoms. The Labute approximate surface area is 114 Å². The van der Waals surface area contributed by atoms with Crippen LogP contribution in [0.25, 0.3) is 0 Å². The summed E-state index contributed by atoms with van der Waals surface area (Å²) in [4.78, 5) is 21.6. The predicted molar refractivity (Wildman–Crippen MR) is 73.9 cm³/mol. The molecular formula is C12H15FN2O3S. The molecule has 0 unspecified atom stereocenters. The maximum Gasteiger partial charge on any atom is 0.271 e. The molecule has 104 valence electrons. The van der Waals surface area contributed by atoms with Crippen LogP contribution in [-0.2, 0) is 4.79 Å². The number of rotatable bonds is 4. The molecule has 0 saturated carbocycles. The Morgan fingerprint density at radius 3 is 2.63 bits per heavy atom. The Kier molecular flexibility index (Phi) is 4.88. The van der Waals surface area contributed by atoms with Crippen LogP contribution in [0.5, 0.6) is 0 Å². The van der Waals surface area contributed by atoms with Crippen LogP contribution in [-0.4, -0.2) is 21.3 Å². The summed E-state index contributed by atoms with van der Waals surface area (Å²) in [5, 5.41) is 12.9. The average Bonchev–Trinajstić information content (AvgIpc) is 2.28. The number of nitro groups is 1. The molecular weight excluding hydrogens is 271 g/mol. The van der Waals surface area contributed by atoms with E-state index < -0.39 is 10.7 Å². The number of hydrogen-bond acceptors (Lipinski definition) is 4. The molecule has 0 spiro atoms. The minimum Gasteiger partial charge on any atom is -0.323 e. The van der Waals surface area contributed by atoms with Crippen molar-refractivity contribution < 1.29 is 14.1 Å². The third-order valence-electron chi connectivity index (χ3n) is 2.07. The molecule has 0 heterocycles. The van der Waals surface area contributed by atoms with E-state index >= 15 is 0 Å². The summed E-state index contributed by atoms with van der Waals surface area (Å²) in [6.07, 6.45) is 0. The molecule has 1 aromatic carbocycles. The highest BCUT2D eigenvalue weighted by molar-refractivity contribution is 8.01. The average molecular weight is 286 g/mol. The van der Waals surface area contributed by atoms with Crippen molar-refractivity contribution in [2.24, 2.45) is 0 Å². The van der Waals surface area contributed by atoms with Crippen molar-refractivity contribution in [3.05, 3.63) is 34.1 Å². The van der Waals surface area contributed by atoms with Crippen LogP contribution in [0.4, 0.5) is 15.8 Å². The van der Waals surface area contributed by atoms with Crippen LogP contribution in [0, 0.1) is 15.9 Å². The minimum absolute atomic E-state index is 0.0848. The van der Waals surface area contributed by atoms with Crippen molar-refractivity contribution in [3.8, 4) is 0 Å². The summed E-state index contributed by atoms with van der Waals surface area (Å²) in [7, 11) is 0. The molecule has 1 aromatic rings. The summed E-state index contributed by atoms with van der Waals surface area (Å²) in [6.45, 7) is 5.87. The van der Waals surface area contributed by atoms with Crippen molar-refractivity contribution in [3.63, 3.8) is 0 Å². The van der Waals surface area contributed by atoms with Gasteiger partial charge in [0.2, 0.25) is 5.91 Å². The molecule has 0 aromatic heterocycles. The Morgan fingerprint density at radius 1 is 1.47 bits per heavy atom. The van der Waals surface area contributed by atoms with Gasteiger partial charge in [0.05, 0.1) is 16.4 Å². The lowest BCUT2D eigenvalue weighted by molar-refractivity contribution is -0.384. The maximum absolute atomic E-state index is 13.4. The van der Waals surface area contributed by atoms with Crippen molar-refractivity contribution >= 4 is 29.0 Å². The van der Waals surface area contributed by atoms with Gasteiger partial charge in [-0.25, -0.2) is 4.39 Å². The van der Waals surface area contributed by atoms with E-state index in [-0.39, 0.29) is 27.8 Å². The van der Waals surface area contributed by atoms with Crippen molar-refractivity contribution in [1.29, 1.82) is 0 Å². The summed E-state index contributed by atoms with van der Waals surface area (Å²) in [5.74, 6) is -0.926. The van der Waals surface area contributed by atoms with E-state index in [0.29, 0.717) is 0 Å². The fraction of sp³-hybridized carbons (Fsp3) is 0.417. The normalized spacial score (nSPS) is 11.2. The number of non-ortho nitro benzene ring substituents is 1. The Hall–Kier alpha value is -1.63. The van der Waals surface area contributed by atoms with E-state index in [1.165, 1.54) is 11.8 Å². The van der Waals surface area contributed by atoms with Crippen molar-refractivity contribution in [2.45, 2.75) is 25.5 Å². The van der Waals surface area contributed by atoms with Gasteiger partial charge in [-0.3, -0.25) is 14.9 Å². The van der Waals surface area contributed by atoms with Gasteiger partial charge in [-0.1, -0.05) is 20.8 Å². The first-order valence-electron chi connectivity index (χ1n) is 5.57. The Bertz CT molecular complexity index is 500. The van der Waals surface area contributed by atoms with Crippen LogP contribution < -0.4 is 5.32 Å². The molecule has 0 aliphatic carbocycles. The summed E-state index contributed by atoms with van der Waals surface area (Å²) >= 11 is 1.41. The number of hydrogen-bond donors (Lipinski definition) is 1. The van der Waals surface area contributed by atoms with Crippen LogP contribution >= 0.6 is 11.8 Å². The first-order valence-corrected chi connectivity index (χ1v) is 6.55. The smallest absolute Gasteiger partial charge is 0.271 e. The number of nitro benzene ring substituents is 1. The van der Waals surface area contributed by atoms with Crippen molar-refractivity contribution in [2.75, 3.05) is 11.1 Å². The van der Waals surface area contributed by atoms with E-state index in [1.54, 1.807) is 0 Å². The van der Waals surface area contributed by atoms with E-state index in [0.717, 1.165) is 18.2 Å². The molecule has 7 heteroatoms. The van der Waals surface area contributed by atoms with Crippen LogP contribution in [0.2, 0.25) is 0 Å².